The van der Waals surface area contributed by atoms with Crippen LogP contribution >= 0.6 is 27.3 Å². The van der Waals surface area contributed by atoms with Crippen LogP contribution in [0.25, 0.3) is 10.2 Å². The Morgan fingerprint density at radius 1 is 1.22 bits per heavy atom. The van der Waals surface area contributed by atoms with Gasteiger partial charge >= 0.3 is 0 Å². The second kappa shape index (κ2) is 5.94. The van der Waals surface area contributed by atoms with E-state index in [1.807, 2.05) is 45.0 Å². The smallest absolute Gasteiger partial charge is 0.267 e. The minimum Gasteiger partial charge on any atom is -0.397 e. The summed E-state index contributed by atoms with van der Waals surface area (Å²) in [7, 11) is 0. The summed E-state index contributed by atoms with van der Waals surface area (Å²) in [5.41, 5.74) is 10.5. The normalized spacial score (nSPS) is 11.0. The maximum Gasteiger partial charge on any atom is 0.267 e. The predicted octanol–water partition coefficient (Wildman–Crippen LogP) is 4.82. The number of fused-ring (bicyclic) bond motifs is 1. The number of aryl methyl sites for hydroxylation is 3. The Hall–Kier alpha value is -1.92. The van der Waals surface area contributed by atoms with E-state index >= 15 is 0 Å². The molecule has 4 nitrogen and oxygen atoms in total. The largest absolute Gasteiger partial charge is 0.397 e. The first-order valence-corrected chi connectivity index (χ1v) is 8.72. The lowest BCUT2D eigenvalue weighted by Crippen LogP contribution is -2.11. The van der Waals surface area contributed by atoms with E-state index in [9.17, 15) is 4.79 Å². The number of nitrogens with one attached hydrogen (secondary N) is 1. The third kappa shape index (κ3) is 2.84. The van der Waals surface area contributed by atoms with Gasteiger partial charge in [-0.2, -0.15) is 0 Å². The quantitative estimate of drug-likeness (QED) is 0.659. The van der Waals surface area contributed by atoms with Gasteiger partial charge in [0, 0.05) is 15.5 Å². The second-order valence-electron chi connectivity index (χ2n) is 5.48. The van der Waals surface area contributed by atoms with Gasteiger partial charge in [0.25, 0.3) is 5.91 Å². The van der Waals surface area contributed by atoms with Crippen LogP contribution in [0.15, 0.2) is 28.7 Å². The van der Waals surface area contributed by atoms with Gasteiger partial charge in [-0.3, -0.25) is 4.79 Å². The lowest BCUT2D eigenvalue weighted by atomic mass is 10.1. The highest BCUT2D eigenvalue weighted by Crippen LogP contribution is 2.38. The molecule has 118 valence electrons. The van der Waals surface area contributed by atoms with Crippen molar-refractivity contribution in [2.24, 2.45) is 0 Å². The Bertz CT molecular complexity index is 916. The van der Waals surface area contributed by atoms with Crippen LogP contribution in [-0.4, -0.2) is 10.9 Å². The fourth-order valence-electron chi connectivity index (χ4n) is 2.45. The SMILES string of the molecule is Cc1ccc(NC(=O)c2sc3nc(C)c(Br)c(C)c3c2N)cc1. The first kappa shape index (κ1) is 16.0. The number of nitrogens with zero attached hydrogens (tertiary/aromatic N) is 1. The lowest BCUT2D eigenvalue weighted by molar-refractivity contribution is 0.103. The zero-order valence-corrected chi connectivity index (χ0v) is 15.4. The molecule has 2 aromatic heterocycles. The number of hydrogen-bond donors (Lipinski definition) is 2. The fourth-order valence-corrected chi connectivity index (χ4v) is 3.83. The van der Waals surface area contributed by atoms with Crippen molar-refractivity contribution in [2.75, 3.05) is 11.1 Å². The molecule has 0 fully saturated rings. The molecule has 0 aliphatic heterocycles. The van der Waals surface area contributed by atoms with Gasteiger partial charge in [-0.1, -0.05) is 17.7 Å². The molecule has 2 heterocycles. The molecule has 6 heteroatoms. The number of pyridine rings is 1. The van der Waals surface area contributed by atoms with E-state index < -0.39 is 0 Å². The van der Waals surface area contributed by atoms with E-state index in [0.29, 0.717) is 10.6 Å². The molecule has 0 spiro atoms. The number of nitrogen functional groups attached to an aromatic ring is 1. The average molecular weight is 390 g/mol. The van der Waals surface area contributed by atoms with Crippen LogP contribution in [0, 0.1) is 20.8 Å². The van der Waals surface area contributed by atoms with E-state index in [2.05, 4.69) is 26.2 Å². The van der Waals surface area contributed by atoms with E-state index in [1.165, 1.54) is 11.3 Å². The number of halogens is 1. The summed E-state index contributed by atoms with van der Waals surface area (Å²) in [6.07, 6.45) is 0. The first-order valence-electron chi connectivity index (χ1n) is 7.11. The van der Waals surface area contributed by atoms with Crippen molar-refractivity contribution in [2.45, 2.75) is 20.8 Å². The van der Waals surface area contributed by atoms with E-state index in [4.69, 9.17) is 5.73 Å². The number of amides is 1. The number of aromatic nitrogens is 1. The summed E-state index contributed by atoms with van der Waals surface area (Å²) in [5.74, 6) is -0.206. The highest BCUT2D eigenvalue weighted by Gasteiger charge is 2.20. The van der Waals surface area contributed by atoms with Crippen LogP contribution in [0.2, 0.25) is 0 Å². The van der Waals surface area contributed by atoms with Gasteiger partial charge in [-0.15, -0.1) is 11.3 Å². The lowest BCUT2D eigenvalue weighted by Gasteiger charge is -2.05. The predicted molar refractivity (Wildman–Crippen MR) is 100 cm³/mol. The second-order valence-corrected chi connectivity index (χ2v) is 7.27. The summed E-state index contributed by atoms with van der Waals surface area (Å²) >= 11 is 4.85. The third-order valence-corrected chi connectivity index (χ3v) is 6.00. The van der Waals surface area contributed by atoms with Crippen molar-refractivity contribution in [3.63, 3.8) is 0 Å². The van der Waals surface area contributed by atoms with Crippen molar-refractivity contribution in [3.8, 4) is 0 Å². The molecule has 3 N–H and O–H groups in total. The zero-order chi connectivity index (χ0) is 16.7. The van der Waals surface area contributed by atoms with Crippen molar-refractivity contribution < 1.29 is 4.79 Å². The molecule has 3 rings (SSSR count). The van der Waals surface area contributed by atoms with Crippen LogP contribution in [0.4, 0.5) is 11.4 Å². The summed E-state index contributed by atoms with van der Waals surface area (Å²) < 4.78 is 0.931. The van der Waals surface area contributed by atoms with E-state index in [-0.39, 0.29) is 5.91 Å². The van der Waals surface area contributed by atoms with Gasteiger partial charge in [0.2, 0.25) is 0 Å². The molecule has 1 amide bonds. The molecule has 0 atom stereocenters. The van der Waals surface area contributed by atoms with Gasteiger partial charge in [0.05, 0.1) is 11.4 Å². The van der Waals surface area contributed by atoms with Crippen molar-refractivity contribution >= 4 is 54.8 Å². The molecule has 0 saturated heterocycles. The molecule has 0 saturated carbocycles. The summed E-state index contributed by atoms with van der Waals surface area (Å²) in [4.78, 5) is 18.4. The number of benzene rings is 1. The number of rotatable bonds is 2. The third-order valence-electron chi connectivity index (χ3n) is 3.73. The molecule has 3 aromatic rings. The van der Waals surface area contributed by atoms with Crippen LogP contribution in [-0.2, 0) is 0 Å². The number of carbonyl (C=O) groups excluding carboxylic acids is 1. The monoisotopic (exact) mass is 389 g/mol. The molecular formula is C17H16BrN3OS. The van der Waals surface area contributed by atoms with Crippen LogP contribution in [0.1, 0.15) is 26.5 Å². The maximum absolute atomic E-state index is 12.6. The zero-order valence-electron chi connectivity index (χ0n) is 13.0. The van der Waals surface area contributed by atoms with Crippen LogP contribution < -0.4 is 11.1 Å². The number of hydrogen-bond acceptors (Lipinski definition) is 4. The first-order chi connectivity index (χ1) is 10.9. The number of nitrogens with two attached hydrogens (primary N) is 1. The summed E-state index contributed by atoms with van der Waals surface area (Å²) in [6, 6.07) is 7.66. The minimum absolute atomic E-state index is 0.206. The summed E-state index contributed by atoms with van der Waals surface area (Å²) in [5, 5.41) is 3.74. The summed E-state index contributed by atoms with van der Waals surface area (Å²) in [6.45, 7) is 5.91. The molecule has 0 bridgehead atoms. The Morgan fingerprint density at radius 3 is 2.52 bits per heavy atom. The Morgan fingerprint density at radius 2 is 1.87 bits per heavy atom. The molecule has 0 unspecified atom stereocenters. The molecule has 0 aliphatic rings. The van der Waals surface area contributed by atoms with Gasteiger partial charge in [0.1, 0.15) is 9.71 Å². The molecule has 0 radical (unpaired) electrons. The maximum atomic E-state index is 12.6. The minimum atomic E-state index is -0.206. The molecular weight excluding hydrogens is 374 g/mol. The fraction of sp³-hybridized carbons (Fsp3) is 0.176. The van der Waals surface area contributed by atoms with Gasteiger partial charge in [-0.05, 0) is 54.4 Å². The topological polar surface area (TPSA) is 68.0 Å². The van der Waals surface area contributed by atoms with Crippen molar-refractivity contribution in [1.82, 2.24) is 4.98 Å². The van der Waals surface area contributed by atoms with Crippen molar-refractivity contribution in [1.29, 1.82) is 0 Å². The van der Waals surface area contributed by atoms with Gasteiger partial charge in [0.15, 0.2) is 0 Å². The van der Waals surface area contributed by atoms with Gasteiger partial charge < -0.3 is 11.1 Å². The highest BCUT2D eigenvalue weighted by atomic mass is 79.9. The average Bonchev–Trinajstić information content (AvgIpc) is 2.84. The molecule has 23 heavy (non-hydrogen) atoms. The van der Waals surface area contributed by atoms with Crippen LogP contribution in [0.3, 0.4) is 0 Å². The number of anilines is 2. The Balaban J connectivity index is 2.02. The Kier molecular flexibility index (Phi) is 4.12. The number of thiophene rings is 1. The molecule has 0 aliphatic carbocycles. The standard InChI is InChI=1S/C17H16BrN3OS/c1-8-4-6-11(7-5-8)21-16(22)15-14(19)12-9(2)13(18)10(3)20-17(12)23-15/h4-7H,19H2,1-3H3,(H,21,22). The van der Waals surface area contributed by atoms with Crippen molar-refractivity contribution in [3.05, 3.63) is 50.4 Å². The van der Waals surface area contributed by atoms with E-state index in [1.54, 1.807) is 0 Å². The van der Waals surface area contributed by atoms with E-state index in [0.717, 1.165) is 37.2 Å². The number of carbonyl (C=O) groups is 1. The van der Waals surface area contributed by atoms with Gasteiger partial charge in [-0.25, -0.2) is 4.98 Å². The Labute approximate surface area is 146 Å². The van der Waals surface area contributed by atoms with Crippen LogP contribution in [0.5, 0.6) is 0 Å². The highest BCUT2D eigenvalue weighted by molar-refractivity contribution is 9.10. The molecule has 1 aromatic carbocycles.